The number of ether oxygens (including phenoxy) is 2. The third kappa shape index (κ3) is 4.97. The first-order chi connectivity index (χ1) is 13.5. The van der Waals surface area contributed by atoms with Crippen LogP contribution in [0.2, 0.25) is 5.02 Å². The molecule has 7 nitrogen and oxygen atoms in total. The first kappa shape index (κ1) is 20.5. The highest BCUT2D eigenvalue weighted by Gasteiger charge is 2.24. The average molecular weight is 407 g/mol. The molecule has 0 unspecified atom stereocenters. The maximum Gasteiger partial charge on any atom is 0.274 e. The van der Waals surface area contributed by atoms with Crippen LogP contribution in [0.15, 0.2) is 24.3 Å². The topological polar surface area (TPSA) is 70.7 Å². The number of nitrogens with zero attached hydrogens (tertiary/aromatic N) is 3. The molecule has 0 radical (unpaired) electrons. The second kappa shape index (κ2) is 9.30. The normalized spacial score (nSPS) is 17.4. The molecule has 0 spiro atoms. The van der Waals surface area contributed by atoms with Crippen molar-refractivity contribution in [2.45, 2.75) is 31.9 Å². The zero-order valence-corrected chi connectivity index (χ0v) is 17.3. The lowest BCUT2D eigenvalue weighted by Gasteiger charge is -2.34. The summed E-state index contributed by atoms with van der Waals surface area (Å²) in [6.45, 7) is 2.03. The number of aromatic nitrogens is 2. The zero-order valence-electron chi connectivity index (χ0n) is 16.6. The van der Waals surface area contributed by atoms with Crippen LogP contribution in [-0.2, 0) is 6.61 Å². The second-order valence-electron chi connectivity index (χ2n) is 7.18. The van der Waals surface area contributed by atoms with Crippen LogP contribution < -0.4 is 9.47 Å². The van der Waals surface area contributed by atoms with Crippen LogP contribution in [0, 0.1) is 0 Å². The van der Waals surface area contributed by atoms with Gasteiger partial charge in [-0.25, -0.2) is 0 Å². The molecule has 1 aromatic carbocycles. The number of aromatic amines is 1. The van der Waals surface area contributed by atoms with E-state index in [4.69, 9.17) is 21.1 Å². The van der Waals surface area contributed by atoms with Gasteiger partial charge in [-0.2, -0.15) is 5.10 Å². The SMILES string of the molecule is COc1ccc(OCc2cc(C(=O)N(C)C[C@@H]3CCCCN3C)n[nH]2)c(Cl)c1. The van der Waals surface area contributed by atoms with Crippen molar-refractivity contribution in [3.05, 3.63) is 40.7 Å². The molecule has 1 aromatic heterocycles. The van der Waals surface area contributed by atoms with Gasteiger partial charge in [0.1, 0.15) is 18.1 Å². The molecule has 1 saturated heterocycles. The van der Waals surface area contributed by atoms with Crippen LogP contribution >= 0.6 is 11.6 Å². The Morgan fingerprint density at radius 1 is 1.39 bits per heavy atom. The molecule has 0 aliphatic carbocycles. The number of hydrogen-bond acceptors (Lipinski definition) is 5. The highest BCUT2D eigenvalue weighted by atomic mass is 35.5. The number of rotatable bonds is 7. The number of nitrogens with one attached hydrogen (secondary N) is 1. The van der Waals surface area contributed by atoms with Crippen molar-refractivity contribution in [3.8, 4) is 11.5 Å². The van der Waals surface area contributed by atoms with Crippen LogP contribution in [0.4, 0.5) is 0 Å². The van der Waals surface area contributed by atoms with E-state index < -0.39 is 0 Å². The fourth-order valence-corrected chi connectivity index (χ4v) is 3.62. The maximum atomic E-state index is 12.7. The van der Waals surface area contributed by atoms with E-state index in [1.165, 1.54) is 12.8 Å². The molecule has 1 N–H and O–H groups in total. The Balaban J connectivity index is 1.56. The molecule has 1 aliphatic rings. The van der Waals surface area contributed by atoms with Gasteiger partial charge in [0, 0.05) is 25.7 Å². The van der Waals surface area contributed by atoms with Gasteiger partial charge in [0.25, 0.3) is 5.91 Å². The molecule has 1 aliphatic heterocycles. The Morgan fingerprint density at radius 3 is 2.93 bits per heavy atom. The summed E-state index contributed by atoms with van der Waals surface area (Å²) >= 11 is 6.18. The average Bonchev–Trinajstić information content (AvgIpc) is 3.17. The van der Waals surface area contributed by atoms with Crippen LogP contribution in [-0.4, -0.2) is 66.2 Å². The monoisotopic (exact) mass is 406 g/mol. The van der Waals surface area contributed by atoms with E-state index >= 15 is 0 Å². The van der Waals surface area contributed by atoms with E-state index in [9.17, 15) is 4.79 Å². The minimum atomic E-state index is -0.0936. The predicted molar refractivity (Wildman–Crippen MR) is 108 cm³/mol. The molecule has 0 bridgehead atoms. The molecule has 1 amide bonds. The van der Waals surface area contributed by atoms with Gasteiger partial charge in [-0.3, -0.25) is 9.89 Å². The molecule has 2 aromatic rings. The molecule has 1 fully saturated rings. The van der Waals surface area contributed by atoms with Crippen molar-refractivity contribution in [2.24, 2.45) is 0 Å². The number of halogens is 1. The molecule has 1 atom stereocenters. The lowest BCUT2D eigenvalue weighted by Crippen LogP contribution is -2.45. The maximum absolute atomic E-state index is 12.7. The van der Waals surface area contributed by atoms with Crippen LogP contribution in [0.3, 0.4) is 0 Å². The highest BCUT2D eigenvalue weighted by molar-refractivity contribution is 6.32. The molecule has 3 rings (SSSR count). The number of carbonyl (C=O) groups is 1. The Bertz CT molecular complexity index is 810. The molecular formula is C20H27ClN4O3. The molecule has 0 saturated carbocycles. The number of likely N-dealkylation sites (tertiary alicyclic amines) is 1. The van der Waals surface area contributed by atoms with Crippen LogP contribution in [0.5, 0.6) is 11.5 Å². The van der Waals surface area contributed by atoms with Gasteiger partial charge in [0.2, 0.25) is 0 Å². The molecule has 8 heteroatoms. The summed E-state index contributed by atoms with van der Waals surface area (Å²) in [7, 11) is 5.53. The number of amides is 1. The molecular weight excluding hydrogens is 380 g/mol. The smallest absolute Gasteiger partial charge is 0.274 e. The Labute approximate surface area is 170 Å². The zero-order chi connectivity index (χ0) is 20.1. The highest BCUT2D eigenvalue weighted by Crippen LogP contribution is 2.29. The van der Waals surface area contributed by atoms with Crippen molar-refractivity contribution in [1.29, 1.82) is 0 Å². The largest absolute Gasteiger partial charge is 0.497 e. The Morgan fingerprint density at radius 2 is 2.21 bits per heavy atom. The van der Waals surface area contributed by atoms with Gasteiger partial charge in [0.05, 0.1) is 17.8 Å². The predicted octanol–water partition coefficient (Wildman–Crippen LogP) is 3.21. The molecule has 28 heavy (non-hydrogen) atoms. The Hall–Kier alpha value is -2.25. The minimum Gasteiger partial charge on any atom is -0.497 e. The third-order valence-electron chi connectivity index (χ3n) is 5.13. The first-order valence-corrected chi connectivity index (χ1v) is 9.82. The quantitative estimate of drug-likeness (QED) is 0.764. The summed E-state index contributed by atoms with van der Waals surface area (Å²) < 4.78 is 10.8. The van der Waals surface area contributed by atoms with E-state index in [0.717, 1.165) is 13.0 Å². The first-order valence-electron chi connectivity index (χ1n) is 9.44. The number of methoxy groups -OCH3 is 1. The summed E-state index contributed by atoms with van der Waals surface area (Å²) in [5.74, 6) is 1.12. The van der Waals surface area contributed by atoms with Crippen LogP contribution in [0.25, 0.3) is 0 Å². The molecule has 2 heterocycles. The van der Waals surface area contributed by atoms with Crippen molar-refractivity contribution in [2.75, 3.05) is 34.3 Å². The number of likely N-dealkylation sites (N-methyl/N-ethyl adjacent to an activating group) is 2. The van der Waals surface area contributed by atoms with Gasteiger partial charge >= 0.3 is 0 Å². The molecule has 152 valence electrons. The van der Waals surface area contributed by atoms with E-state index in [1.54, 1.807) is 36.3 Å². The number of H-pyrrole nitrogens is 1. The van der Waals surface area contributed by atoms with Gasteiger partial charge < -0.3 is 19.3 Å². The van der Waals surface area contributed by atoms with Gasteiger partial charge in [0.15, 0.2) is 5.69 Å². The fourth-order valence-electron chi connectivity index (χ4n) is 3.40. The van der Waals surface area contributed by atoms with E-state index in [1.807, 2.05) is 7.05 Å². The number of carbonyl (C=O) groups excluding carboxylic acids is 1. The van der Waals surface area contributed by atoms with Crippen molar-refractivity contribution in [1.82, 2.24) is 20.0 Å². The fraction of sp³-hybridized carbons (Fsp3) is 0.500. The summed E-state index contributed by atoms with van der Waals surface area (Å²) in [5.41, 5.74) is 1.10. The van der Waals surface area contributed by atoms with Crippen molar-refractivity contribution < 1.29 is 14.3 Å². The van der Waals surface area contributed by atoms with E-state index in [0.29, 0.717) is 40.5 Å². The van der Waals surface area contributed by atoms with Crippen molar-refractivity contribution >= 4 is 17.5 Å². The standard InChI is InChI=1S/C20H27ClN4O3/c1-24-9-5-4-6-15(24)12-25(2)20(26)18-10-14(22-23-18)13-28-19-8-7-16(27-3)11-17(19)21/h7-8,10-11,15H,4-6,9,12-13H2,1-3H3,(H,22,23)/t15-/m0/s1. The summed E-state index contributed by atoms with van der Waals surface area (Å²) in [4.78, 5) is 16.8. The number of hydrogen-bond donors (Lipinski definition) is 1. The second-order valence-corrected chi connectivity index (χ2v) is 7.59. The summed E-state index contributed by atoms with van der Waals surface area (Å²) in [5, 5.41) is 7.48. The van der Waals surface area contributed by atoms with E-state index in [-0.39, 0.29) is 12.5 Å². The van der Waals surface area contributed by atoms with Gasteiger partial charge in [-0.1, -0.05) is 18.0 Å². The van der Waals surface area contributed by atoms with Gasteiger partial charge in [-0.15, -0.1) is 0 Å². The number of piperidine rings is 1. The van der Waals surface area contributed by atoms with Crippen LogP contribution in [0.1, 0.15) is 35.4 Å². The van der Waals surface area contributed by atoms with E-state index in [2.05, 4.69) is 22.1 Å². The third-order valence-corrected chi connectivity index (χ3v) is 5.42. The summed E-state index contributed by atoms with van der Waals surface area (Å²) in [6.07, 6.45) is 3.57. The van der Waals surface area contributed by atoms with Gasteiger partial charge in [-0.05, 0) is 44.6 Å². The lowest BCUT2D eigenvalue weighted by molar-refractivity contribution is 0.0711. The minimum absolute atomic E-state index is 0.0936. The van der Waals surface area contributed by atoms with Crippen molar-refractivity contribution in [3.63, 3.8) is 0 Å². The number of benzene rings is 1. The summed E-state index contributed by atoms with van der Waals surface area (Å²) in [6, 6.07) is 7.34. The Kier molecular flexibility index (Phi) is 6.80. The lowest BCUT2D eigenvalue weighted by atomic mass is 10.0.